The molecule has 1 aromatic rings. The molecule has 0 fully saturated rings. The summed E-state index contributed by atoms with van der Waals surface area (Å²) in [6.07, 6.45) is 4.16. The SMILES string of the molecule is CC(C)CC(=O)C1CCCc2sccc21. The molecule has 0 radical (unpaired) electrons. The summed E-state index contributed by atoms with van der Waals surface area (Å²) in [6, 6.07) is 2.15. The van der Waals surface area contributed by atoms with Gasteiger partial charge in [-0.05, 0) is 42.2 Å². The van der Waals surface area contributed by atoms with Gasteiger partial charge < -0.3 is 0 Å². The topological polar surface area (TPSA) is 17.1 Å². The molecule has 2 heteroatoms. The van der Waals surface area contributed by atoms with Crippen LogP contribution in [0.1, 0.15) is 49.5 Å². The third-order valence-electron chi connectivity index (χ3n) is 3.05. The van der Waals surface area contributed by atoms with Crippen molar-refractivity contribution < 1.29 is 4.79 Å². The number of hydrogen-bond donors (Lipinski definition) is 0. The van der Waals surface area contributed by atoms with Gasteiger partial charge in [0.05, 0.1) is 0 Å². The van der Waals surface area contributed by atoms with Crippen LogP contribution in [0.3, 0.4) is 0 Å². The van der Waals surface area contributed by atoms with E-state index in [0.29, 0.717) is 11.7 Å². The normalized spacial score (nSPS) is 20.3. The summed E-state index contributed by atoms with van der Waals surface area (Å²) in [5, 5.41) is 2.13. The molecule has 0 bridgehead atoms. The van der Waals surface area contributed by atoms with E-state index in [9.17, 15) is 4.79 Å². The molecule has 1 aliphatic carbocycles. The van der Waals surface area contributed by atoms with Crippen molar-refractivity contribution in [2.45, 2.75) is 45.4 Å². The van der Waals surface area contributed by atoms with E-state index in [4.69, 9.17) is 0 Å². The molecule has 0 spiro atoms. The number of fused-ring (bicyclic) bond motifs is 1. The lowest BCUT2D eigenvalue weighted by atomic mass is 9.82. The molecular weight excluding hydrogens is 204 g/mol. The number of Topliss-reactive ketones (excluding diaryl/α,β-unsaturated/α-hetero) is 1. The van der Waals surface area contributed by atoms with E-state index in [1.54, 1.807) is 0 Å². The van der Waals surface area contributed by atoms with E-state index < -0.39 is 0 Å². The van der Waals surface area contributed by atoms with Crippen molar-refractivity contribution in [2.24, 2.45) is 5.92 Å². The van der Waals surface area contributed by atoms with Crippen molar-refractivity contribution in [3.63, 3.8) is 0 Å². The molecule has 1 nitrogen and oxygen atoms in total. The van der Waals surface area contributed by atoms with Gasteiger partial charge in [0.15, 0.2) is 0 Å². The minimum absolute atomic E-state index is 0.211. The van der Waals surface area contributed by atoms with E-state index >= 15 is 0 Å². The first-order valence-electron chi connectivity index (χ1n) is 5.77. The Hall–Kier alpha value is -0.630. The highest BCUT2D eigenvalue weighted by Crippen LogP contribution is 2.36. The van der Waals surface area contributed by atoms with Crippen LogP contribution in [0, 0.1) is 5.92 Å². The molecule has 0 amide bonds. The maximum atomic E-state index is 12.1. The molecular formula is C13H18OS. The first-order valence-corrected chi connectivity index (χ1v) is 6.65. The molecule has 0 saturated carbocycles. The van der Waals surface area contributed by atoms with Gasteiger partial charge in [0.25, 0.3) is 0 Å². The quantitative estimate of drug-likeness (QED) is 0.760. The van der Waals surface area contributed by atoms with Crippen LogP contribution in [0.15, 0.2) is 11.4 Å². The van der Waals surface area contributed by atoms with Gasteiger partial charge in [-0.15, -0.1) is 11.3 Å². The Bertz CT molecular complexity index is 351. The summed E-state index contributed by atoms with van der Waals surface area (Å²) < 4.78 is 0. The largest absolute Gasteiger partial charge is 0.299 e. The van der Waals surface area contributed by atoms with E-state index in [-0.39, 0.29) is 5.92 Å². The second kappa shape index (κ2) is 4.48. The fraction of sp³-hybridized carbons (Fsp3) is 0.615. The Morgan fingerprint density at radius 3 is 3.13 bits per heavy atom. The number of aryl methyl sites for hydroxylation is 1. The average Bonchev–Trinajstić information content (AvgIpc) is 2.63. The number of ketones is 1. The van der Waals surface area contributed by atoms with Crippen molar-refractivity contribution in [1.82, 2.24) is 0 Å². The van der Waals surface area contributed by atoms with Gasteiger partial charge in [0.1, 0.15) is 5.78 Å². The second-order valence-electron chi connectivity index (χ2n) is 4.81. The molecule has 82 valence electrons. The van der Waals surface area contributed by atoms with Crippen LogP contribution >= 0.6 is 11.3 Å². The van der Waals surface area contributed by atoms with Crippen molar-refractivity contribution in [3.05, 3.63) is 21.9 Å². The highest BCUT2D eigenvalue weighted by atomic mass is 32.1. The van der Waals surface area contributed by atoms with Crippen LogP contribution in [0.25, 0.3) is 0 Å². The Labute approximate surface area is 95.5 Å². The Morgan fingerprint density at radius 1 is 1.60 bits per heavy atom. The zero-order valence-corrected chi connectivity index (χ0v) is 10.3. The lowest BCUT2D eigenvalue weighted by Gasteiger charge is -2.22. The second-order valence-corrected chi connectivity index (χ2v) is 5.81. The molecule has 1 aliphatic rings. The zero-order valence-electron chi connectivity index (χ0n) is 9.45. The van der Waals surface area contributed by atoms with E-state index in [1.165, 1.54) is 23.3 Å². The molecule has 15 heavy (non-hydrogen) atoms. The van der Waals surface area contributed by atoms with Crippen LogP contribution in [-0.4, -0.2) is 5.78 Å². The van der Waals surface area contributed by atoms with Gasteiger partial charge in [-0.2, -0.15) is 0 Å². The minimum atomic E-state index is 0.211. The maximum Gasteiger partial charge on any atom is 0.140 e. The van der Waals surface area contributed by atoms with Gasteiger partial charge in [0.2, 0.25) is 0 Å². The van der Waals surface area contributed by atoms with Crippen molar-refractivity contribution in [1.29, 1.82) is 0 Å². The van der Waals surface area contributed by atoms with E-state index in [1.807, 2.05) is 11.3 Å². The standard InChI is InChI=1S/C13H18OS/c1-9(2)8-12(14)10-4-3-5-13-11(10)6-7-15-13/h6-7,9-10H,3-5,8H2,1-2H3. The lowest BCUT2D eigenvalue weighted by Crippen LogP contribution is -2.18. The Kier molecular flexibility index (Phi) is 3.25. The number of rotatable bonds is 3. The smallest absolute Gasteiger partial charge is 0.140 e. The highest BCUT2D eigenvalue weighted by molar-refractivity contribution is 7.10. The van der Waals surface area contributed by atoms with Crippen molar-refractivity contribution in [2.75, 3.05) is 0 Å². The first kappa shape index (κ1) is 10.9. The monoisotopic (exact) mass is 222 g/mol. The molecule has 0 N–H and O–H groups in total. The number of carbonyl (C=O) groups excluding carboxylic acids is 1. The Morgan fingerprint density at radius 2 is 2.40 bits per heavy atom. The lowest BCUT2D eigenvalue weighted by molar-refractivity contribution is -0.121. The van der Waals surface area contributed by atoms with E-state index in [2.05, 4.69) is 25.3 Å². The highest BCUT2D eigenvalue weighted by Gasteiger charge is 2.27. The maximum absolute atomic E-state index is 12.1. The third-order valence-corrected chi connectivity index (χ3v) is 4.05. The van der Waals surface area contributed by atoms with Crippen molar-refractivity contribution >= 4 is 17.1 Å². The van der Waals surface area contributed by atoms with Gasteiger partial charge in [-0.25, -0.2) is 0 Å². The molecule has 0 aromatic carbocycles. The molecule has 0 saturated heterocycles. The summed E-state index contributed by atoms with van der Waals surface area (Å²) in [7, 11) is 0. The van der Waals surface area contributed by atoms with Gasteiger partial charge in [-0.3, -0.25) is 4.79 Å². The summed E-state index contributed by atoms with van der Waals surface area (Å²) in [5.74, 6) is 1.15. The van der Waals surface area contributed by atoms with Crippen LogP contribution in [0.2, 0.25) is 0 Å². The molecule has 1 aromatic heterocycles. The predicted molar refractivity (Wildman–Crippen MR) is 64.5 cm³/mol. The predicted octanol–water partition coefficient (Wildman–Crippen LogP) is 3.78. The fourth-order valence-corrected chi connectivity index (χ4v) is 3.35. The Balaban J connectivity index is 2.15. The van der Waals surface area contributed by atoms with Crippen molar-refractivity contribution in [3.8, 4) is 0 Å². The first-order chi connectivity index (χ1) is 7.18. The van der Waals surface area contributed by atoms with Crippen LogP contribution in [0.4, 0.5) is 0 Å². The average molecular weight is 222 g/mol. The summed E-state index contributed by atoms with van der Waals surface area (Å²) in [4.78, 5) is 13.5. The summed E-state index contributed by atoms with van der Waals surface area (Å²) in [5.41, 5.74) is 1.33. The summed E-state index contributed by atoms with van der Waals surface area (Å²) >= 11 is 1.81. The fourth-order valence-electron chi connectivity index (χ4n) is 2.37. The molecule has 1 atom stereocenters. The molecule has 1 unspecified atom stereocenters. The molecule has 1 heterocycles. The number of hydrogen-bond acceptors (Lipinski definition) is 2. The third kappa shape index (κ3) is 2.31. The van der Waals surface area contributed by atoms with Gasteiger partial charge >= 0.3 is 0 Å². The minimum Gasteiger partial charge on any atom is -0.299 e. The van der Waals surface area contributed by atoms with Crippen LogP contribution < -0.4 is 0 Å². The van der Waals surface area contributed by atoms with Gasteiger partial charge in [-0.1, -0.05) is 13.8 Å². The molecule has 2 rings (SSSR count). The van der Waals surface area contributed by atoms with E-state index in [0.717, 1.165) is 12.8 Å². The van der Waals surface area contributed by atoms with Crippen LogP contribution in [-0.2, 0) is 11.2 Å². The number of carbonyl (C=O) groups is 1. The van der Waals surface area contributed by atoms with Gasteiger partial charge in [0, 0.05) is 17.2 Å². The summed E-state index contributed by atoms with van der Waals surface area (Å²) in [6.45, 7) is 4.24. The molecule has 0 aliphatic heterocycles. The number of thiophene rings is 1. The zero-order chi connectivity index (χ0) is 10.8. The van der Waals surface area contributed by atoms with Crippen LogP contribution in [0.5, 0.6) is 0 Å².